The molecule has 0 saturated carbocycles. The molecule has 0 spiro atoms. The summed E-state index contributed by atoms with van der Waals surface area (Å²) in [5.41, 5.74) is 3.33. The van der Waals surface area contributed by atoms with E-state index in [1.54, 1.807) is 6.07 Å². The third-order valence-electron chi connectivity index (χ3n) is 2.89. The molecule has 18 heavy (non-hydrogen) atoms. The molecular weight excluding hydrogens is 251 g/mol. The van der Waals surface area contributed by atoms with Crippen molar-refractivity contribution in [3.8, 4) is 11.4 Å². The molecule has 2 nitrogen and oxygen atoms in total. The topological polar surface area (TPSA) is 28.7 Å². The van der Waals surface area contributed by atoms with Crippen LogP contribution in [0.3, 0.4) is 0 Å². The van der Waals surface area contributed by atoms with Gasteiger partial charge in [-0.15, -0.1) is 0 Å². The van der Waals surface area contributed by atoms with E-state index in [1.807, 2.05) is 25.1 Å². The lowest BCUT2D eigenvalue weighted by molar-refractivity contribution is 0.629. The van der Waals surface area contributed by atoms with Crippen LogP contribution in [0.2, 0.25) is 5.02 Å². The maximum absolute atomic E-state index is 13.1. The Hall–Kier alpha value is -1.87. The molecule has 0 amide bonds. The third-order valence-corrected chi connectivity index (χ3v) is 3.30. The lowest BCUT2D eigenvalue weighted by Crippen LogP contribution is -1.82. The predicted octanol–water partition coefficient (Wildman–Crippen LogP) is 4.33. The van der Waals surface area contributed by atoms with Gasteiger partial charge in [-0.05, 0) is 36.8 Å². The fourth-order valence-electron chi connectivity index (χ4n) is 1.86. The maximum Gasteiger partial charge on any atom is 0.138 e. The van der Waals surface area contributed by atoms with Gasteiger partial charge in [0.25, 0.3) is 0 Å². The van der Waals surface area contributed by atoms with Crippen molar-refractivity contribution in [3.63, 3.8) is 0 Å². The Kier molecular flexibility index (Phi) is 2.56. The van der Waals surface area contributed by atoms with Crippen LogP contribution in [0.1, 0.15) is 5.56 Å². The van der Waals surface area contributed by atoms with Crippen LogP contribution in [-0.4, -0.2) is 9.97 Å². The summed E-state index contributed by atoms with van der Waals surface area (Å²) in [6, 6.07) is 10.2. The lowest BCUT2D eigenvalue weighted by atomic mass is 10.1. The van der Waals surface area contributed by atoms with Crippen LogP contribution in [0.5, 0.6) is 0 Å². The van der Waals surface area contributed by atoms with Gasteiger partial charge in [-0.25, -0.2) is 9.37 Å². The van der Waals surface area contributed by atoms with Crippen molar-refractivity contribution in [2.75, 3.05) is 0 Å². The van der Waals surface area contributed by atoms with E-state index in [1.165, 1.54) is 12.1 Å². The average molecular weight is 261 g/mol. The van der Waals surface area contributed by atoms with Gasteiger partial charge in [0.05, 0.1) is 11.0 Å². The molecule has 3 aromatic rings. The molecule has 0 aliphatic carbocycles. The fourth-order valence-corrected chi connectivity index (χ4v) is 2.04. The summed E-state index contributed by atoms with van der Waals surface area (Å²) in [6.07, 6.45) is 0. The SMILES string of the molecule is Cc1ccc(-c2nc3ccc(F)cc3[nH]2)cc1Cl. The van der Waals surface area contributed by atoms with E-state index in [4.69, 9.17) is 11.6 Å². The quantitative estimate of drug-likeness (QED) is 0.693. The van der Waals surface area contributed by atoms with Crippen LogP contribution >= 0.6 is 11.6 Å². The number of aryl methyl sites for hydroxylation is 1. The molecule has 0 bridgehead atoms. The van der Waals surface area contributed by atoms with Crippen LogP contribution in [0, 0.1) is 12.7 Å². The number of aromatic nitrogens is 2. The summed E-state index contributed by atoms with van der Waals surface area (Å²) >= 11 is 6.09. The molecule has 0 fully saturated rings. The highest BCUT2D eigenvalue weighted by Gasteiger charge is 2.07. The van der Waals surface area contributed by atoms with Gasteiger partial charge >= 0.3 is 0 Å². The number of fused-ring (bicyclic) bond motifs is 1. The van der Waals surface area contributed by atoms with Gasteiger partial charge in [0.1, 0.15) is 11.6 Å². The summed E-state index contributed by atoms with van der Waals surface area (Å²) in [5, 5.41) is 0.694. The van der Waals surface area contributed by atoms with Crippen LogP contribution in [0.25, 0.3) is 22.4 Å². The van der Waals surface area contributed by atoms with Gasteiger partial charge in [0.15, 0.2) is 0 Å². The van der Waals surface area contributed by atoms with Crippen molar-refractivity contribution in [3.05, 3.63) is 52.8 Å². The zero-order chi connectivity index (χ0) is 12.7. The molecule has 1 N–H and O–H groups in total. The predicted molar refractivity (Wildman–Crippen MR) is 71.2 cm³/mol. The highest BCUT2D eigenvalue weighted by atomic mass is 35.5. The maximum atomic E-state index is 13.1. The molecule has 4 heteroatoms. The Morgan fingerprint density at radius 3 is 2.78 bits per heavy atom. The summed E-state index contributed by atoms with van der Waals surface area (Å²) in [6.45, 7) is 1.94. The van der Waals surface area contributed by atoms with Gasteiger partial charge in [-0.1, -0.05) is 23.7 Å². The van der Waals surface area contributed by atoms with Crippen molar-refractivity contribution in [2.24, 2.45) is 0 Å². The van der Waals surface area contributed by atoms with Crippen LogP contribution in [0.4, 0.5) is 4.39 Å². The molecule has 0 atom stereocenters. The number of nitrogens with one attached hydrogen (secondary N) is 1. The first-order valence-electron chi connectivity index (χ1n) is 5.55. The van der Waals surface area contributed by atoms with E-state index in [0.29, 0.717) is 16.4 Å². The Balaban J connectivity index is 2.16. The molecule has 3 rings (SSSR count). The van der Waals surface area contributed by atoms with E-state index in [9.17, 15) is 4.39 Å². The number of benzene rings is 2. The monoisotopic (exact) mass is 260 g/mol. The van der Waals surface area contributed by atoms with Gasteiger partial charge < -0.3 is 4.98 Å². The van der Waals surface area contributed by atoms with Crippen molar-refractivity contribution >= 4 is 22.6 Å². The molecule has 1 aromatic heterocycles. The number of aromatic amines is 1. The third kappa shape index (κ3) is 1.87. The Morgan fingerprint density at radius 1 is 1.17 bits per heavy atom. The number of imidazole rings is 1. The molecular formula is C14H10ClFN2. The molecule has 0 saturated heterocycles. The largest absolute Gasteiger partial charge is 0.338 e. The fraction of sp³-hybridized carbons (Fsp3) is 0.0714. The first-order chi connectivity index (χ1) is 8.63. The zero-order valence-corrected chi connectivity index (χ0v) is 10.4. The number of nitrogens with zero attached hydrogens (tertiary/aromatic N) is 1. The molecule has 0 aliphatic heterocycles. The number of H-pyrrole nitrogens is 1. The van der Waals surface area contributed by atoms with E-state index < -0.39 is 0 Å². The number of hydrogen-bond donors (Lipinski definition) is 1. The minimum Gasteiger partial charge on any atom is -0.338 e. The Bertz CT molecular complexity index is 734. The van der Waals surface area contributed by atoms with E-state index in [0.717, 1.165) is 16.6 Å². The number of rotatable bonds is 1. The van der Waals surface area contributed by atoms with Crippen molar-refractivity contribution in [1.29, 1.82) is 0 Å². The van der Waals surface area contributed by atoms with Crippen molar-refractivity contribution < 1.29 is 4.39 Å². The summed E-state index contributed by atoms with van der Waals surface area (Å²) in [4.78, 5) is 7.50. The summed E-state index contributed by atoms with van der Waals surface area (Å²) in [5.74, 6) is 0.414. The normalized spacial score (nSPS) is 11.1. The number of halogens is 2. The molecule has 90 valence electrons. The minimum atomic E-state index is -0.278. The number of hydrogen-bond acceptors (Lipinski definition) is 1. The second kappa shape index (κ2) is 4.10. The van der Waals surface area contributed by atoms with Gasteiger partial charge in [-0.2, -0.15) is 0 Å². The van der Waals surface area contributed by atoms with E-state index in [-0.39, 0.29) is 5.82 Å². The van der Waals surface area contributed by atoms with Crippen LogP contribution in [-0.2, 0) is 0 Å². The highest BCUT2D eigenvalue weighted by molar-refractivity contribution is 6.31. The average Bonchev–Trinajstić information content (AvgIpc) is 2.75. The first-order valence-corrected chi connectivity index (χ1v) is 5.93. The van der Waals surface area contributed by atoms with Crippen LogP contribution in [0.15, 0.2) is 36.4 Å². The van der Waals surface area contributed by atoms with Gasteiger partial charge in [-0.3, -0.25) is 0 Å². The molecule has 1 heterocycles. The van der Waals surface area contributed by atoms with Gasteiger partial charge in [0.2, 0.25) is 0 Å². The first kappa shape index (κ1) is 11.2. The molecule has 0 unspecified atom stereocenters. The minimum absolute atomic E-state index is 0.278. The molecule has 0 radical (unpaired) electrons. The molecule has 2 aromatic carbocycles. The molecule has 0 aliphatic rings. The van der Waals surface area contributed by atoms with Crippen molar-refractivity contribution in [2.45, 2.75) is 6.92 Å². The van der Waals surface area contributed by atoms with E-state index >= 15 is 0 Å². The smallest absolute Gasteiger partial charge is 0.138 e. The standard InChI is InChI=1S/C14H10ClFN2/c1-8-2-3-9(6-11(8)15)14-17-12-5-4-10(16)7-13(12)18-14/h2-7H,1H3,(H,17,18). The van der Waals surface area contributed by atoms with Gasteiger partial charge in [0, 0.05) is 10.6 Å². The zero-order valence-electron chi connectivity index (χ0n) is 9.67. The van der Waals surface area contributed by atoms with E-state index in [2.05, 4.69) is 9.97 Å². The summed E-state index contributed by atoms with van der Waals surface area (Å²) < 4.78 is 13.1. The van der Waals surface area contributed by atoms with Crippen molar-refractivity contribution in [1.82, 2.24) is 9.97 Å². The Morgan fingerprint density at radius 2 is 2.00 bits per heavy atom. The lowest BCUT2D eigenvalue weighted by Gasteiger charge is -2.00. The second-order valence-corrected chi connectivity index (χ2v) is 4.62. The highest BCUT2D eigenvalue weighted by Crippen LogP contribution is 2.25. The second-order valence-electron chi connectivity index (χ2n) is 4.21. The van der Waals surface area contributed by atoms with Crippen LogP contribution < -0.4 is 0 Å². The Labute approximate surface area is 108 Å². The summed E-state index contributed by atoms with van der Waals surface area (Å²) in [7, 11) is 0.